The van der Waals surface area contributed by atoms with Crippen molar-refractivity contribution < 1.29 is 10.4 Å². The van der Waals surface area contributed by atoms with Gasteiger partial charge in [-0.3, -0.25) is 0 Å². The average Bonchev–Trinajstić information content (AvgIpc) is 2.09. The Balaban J connectivity index is 2.01. The van der Waals surface area contributed by atoms with Gasteiger partial charge in [0.1, 0.15) is 0 Å². The second-order valence-corrected chi connectivity index (χ2v) is 3.54. The first-order valence-electron chi connectivity index (χ1n) is 4.85. The smallest absolute Gasteiger partial charge is 0.0642 e. The van der Waals surface area contributed by atoms with Crippen LogP contribution in [0.1, 0.15) is 25.7 Å². The zero-order valence-corrected chi connectivity index (χ0v) is 7.63. The molecule has 1 aliphatic carbocycles. The third kappa shape index (κ3) is 3.52. The van der Waals surface area contributed by atoms with Gasteiger partial charge in [-0.2, -0.15) is 7.05 Å². The molecule has 72 valence electrons. The van der Waals surface area contributed by atoms with E-state index in [1.54, 1.807) is 0 Å². The van der Waals surface area contributed by atoms with Crippen molar-refractivity contribution in [1.29, 1.82) is 0 Å². The van der Waals surface area contributed by atoms with Gasteiger partial charge in [-0.15, -0.1) is 0 Å². The third-order valence-corrected chi connectivity index (χ3v) is 2.48. The second kappa shape index (κ2) is 5.51. The van der Waals surface area contributed by atoms with E-state index in [1.165, 1.54) is 0 Å². The highest BCUT2D eigenvalue weighted by atomic mass is 16.3. The van der Waals surface area contributed by atoms with E-state index in [0.29, 0.717) is 6.04 Å². The molecule has 0 saturated heterocycles. The predicted octanol–water partition coefficient (Wildman–Crippen LogP) is -0.766. The minimum Gasteiger partial charge on any atom is -0.478 e. The highest BCUT2D eigenvalue weighted by molar-refractivity contribution is 4.75. The van der Waals surface area contributed by atoms with E-state index >= 15 is 0 Å². The van der Waals surface area contributed by atoms with Crippen molar-refractivity contribution in [3.8, 4) is 0 Å². The molecule has 0 bridgehead atoms. The van der Waals surface area contributed by atoms with E-state index in [-0.39, 0.29) is 6.10 Å². The van der Waals surface area contributed by atoms with Crippen LogP contribution in [0.25, 0.3) is 0 Å². The van der Waals surface area contributed by atoms with Gasteiger partial charge in [-0.1, -0.05) is 0 Å². The number of aliphatic hydroxyl groups is 1. The monoisotopic (exact) mass is 172 g/mol. The molecule has 0 heterocycles. The van der Waals surface area contributed by atoms with Crippen molar-refractivity contribution in [3.63, 3.8) is 0 Å². The fourth-order valence-electron chi connectivity index (χ4n) is 1.67. The second-order valence-electron chi connectivity index (χ2n) is 3.54. The number of quaternary nitrogens is 1. The van der Waals surface area contributed by atoms with E-state index in [1.807, 2.05) is 5.32 Å². The predicted molar refractivity (Wildman–Crippen MR) is 48.4 cm³/mol. The molecular weight excluding hydrogens is 152 g/mol. The van der Waals surface area contributed by atoms with E-state index in [0.717, 1.165) is 38.8 Å². The van der Waals surface area contributed by atoms with Crippen molar-refractivity contribution >= 4 is 0 Å². The van der Waals surface area contributed by atoms with Gasteiger partial charge in [0, 0.05) is 12.6 Å². The van der Waals surface area contributed by atoms with E-state index in [9.17, 15) is 5.11 Å². The minimum atomic E-state index is -0.0394. The lowest BCUT2D eigenvalue weighted by Crippen LogP contribution is -2.78. The molecule has 1 fully saturated rings. The van der Waals surface area contributed by atoms with Crippen LogP contribution in [0.5, 0.6) is 0 Å². The van der Waals surface area contributed by atoms with Gasteiger partial charge in [0.25, 0.3) is 0 Å². The van der Waals surface area contributed by atoms with Gasteiger partial charge in [-0.25, -0.2) is 0 Å². The van der Waals surface area contributed by atoms with Crippen LogP contribution in [0.2, 0.25) is 0 Å². The summed E-state index contributed by atoms with van der Waals surface area (Å²) >= 11 is 0. The van der Waals surface area contributed by atoms with Gasteiger partial charge in [0.15, 0.2) is 0 Å². The molecular formula is C9H20N2O. The Morgan fingerprint density at radius 2 is 2.00 bits per heavy atom. The summed E-state index contributed by atoms with van der Waals surface area (Å²) in [5.74, 6) is 0. The number of rotatable bonds is 4. The fourth-order valence-corrected chi connectivity index (χ4v) is 1.67. The van der Waals surface area contributed by atoms with Gasteiger partial charge >= 0.3 is 0 Å². The molecule has 1 aliphatic rings. The maximum Gasteiger partial charge on any atom is 0.0642 e. The summed E-state index contributed by atoms with van der Waals surface area (Å²) in [5.41, 5.74) is 0. The molecule has 0 aromatic rings. The van der Waals surface area contributed by atoms with Crippen molar-refractivity contribution in [3.05, 3.63) is 7.05 Å². The number of nitrogens with one attached hydrogen (secondary N) is 1. The van der Waals surface area contributed by atoms with Crippen LogP contribution in [0, 0.1) is 7.05 Å². The zero-order valence-electron chi connectivity index (χ0n) is 7.63. The summed E-state index contributed by atoms with van der Waals surface area (Å²) in [5, 5.41) is 14.7. The Morgan fingerprint density at radius 1 is 1.33 bits per heavy atom. The van der Waals surface area contributed by atoms with Gasteiger partial charge in [0.05, 0.1) is 12.6 Å². The molecule has 0 amide bonds. The highest BCUT2D eigenvalue weighted by Gasteiger charge is 2.18. The normalized spacial score (nSPS) is 30.5. The largest absolute Gasteiger partial charge is 0.478 e. The Hall–Kier alpha value is -0.120. The molecule has 3 heteroatoms. The molecule has 0 aromatic heterocycles. The van der Waals surface area contributed by atoms with E-state index in [2.05, 4.69) is 12.4 Å². The molecule has 4 N–H and O–H groups in total. The summed E-state index contributed by atoms with van der Waals surface area (Å²) in [6.07, 6.45) is 4.14. The third-order valence-electron chi connectivity index (χ3n) is 2.48. The summed E-state index contributed by atoms with van der Waals surface area (Å²) < 4.78 is 0. The molecule has 0 aromatic carbocycles. The molecule has 0 unspecified atom stereocenters. The zero-order chi connectivity index (χ0) is 8.81. The van der Waals surface area contributed by atoms with Crippen LogP contribution in [0.4, 0.5) is 0 Å². The van der Waals surface area contributed by atoms with Crippen molar-refractivity contribution in [2.75, 3.05) is 13.1 Å². The maximum absolute atomic E-state index is 9.25. The van der Waals surface area contributed by atoms with Crippen LogP contribution in [0.3, 0.4) is 0 Å². The van der Waals surface area contributed by atoms with Gasteiger partial charge < -0.3 is 15.7 Å². The van der Waals surface area contributed by atoms with E-state index < -0.39 is 0 Å². The number of aliphatic hydroxyl groups excluding tert-OH is 1. The molecule has 0 atom stereocenters. The maximum atomic E-state index is 9.25. The van der Waals surface area contributed by atoms with Crippen molar-refractivity contribution in [2.24, 2.45) is 0 Å². The topological polar surface area (TPSA) is 48.9 Å². The molecule has 1 saturated carbocycles. The van der Waals surface area contributed by atoms with Crippen molar-refractivity contribution in [1.82, 2.24) is 5.32 Å². The number of hydrogen-bond donors (Lipinski definition) is 3. The summed E-state index contributed by atoms with van der Waals surface area (Å²) in [7, 11) is 3.68. The molecule has 0 spiro atoms. The molecule has 0 radical (unpaired) electrons. The first kappa shape index (κ1) is 9.96. The van der Waals surface area contributed by atoms with Crippen LogP contribution in [0.15, 0.2) is 0 Å². The minimum absolute atomic E-state index is 0.0394. The molecule has 0 aliphatic heterocycles. The van der Waals surface area contributed by atoms with Crippen LogP contribution in [-0.2, 0) is 0 Å². The highest BCUT2D eigenvalue weighted by Crippen LogP contribution is 2.17. The Bertz CT molecular complexity index is 111. The van der Waals surface area contributed by atoms with Crippen LogP contribution < -0.4 is 10.6 Å². The SMILES string of the molecule is [CH2-][NH2+]CCN[C@H]1CC[C@@H](O)CC1. The average molecular weight is 172 g/mol. The first-order valence-corrected chi connectivity index (χ1v) is 4.85. The Morgan fingerprint density at radius 3 is 2.58 bits per heavy atom. The lowest BCUT2D eigenvalue weighted by Gasteiger charge is -2.26. The fraction of sp³-hybridized carbons (Fsp3) is 0.889. The Kier molecular flexibility index (Phi) is 4.58. The number of hydrogen-bond acceptors (Lipinski definition) is 2. The Labute approximate surface area is 74.5 Å². The van der Waals surface area contributed by atoms with Crippen LogP contribution in [-0.4, -0.2) is 30.3 Å². The molecule has 12 heavy (non-hydrogen) atoms. The standard InChI is InChI=1S/C9H20N2O/c1-10-6-7-11-8-2-4-9(12)5-3-8/h8-9,11-12H,1-7,10H2/t8-,9+. The van der Waals surface area contributed by atoms with E-state index in [4.69, 9.17) is 0 Å². The quantitative estimate of drug-likeness (QED) is 0.385. The van der Waals surface area contributed by atoms with Gasteiger partial charge in [-0.05, 0) is 25.7 Å². The molecule has 1 rings (SSSR count). The lowest BCUT2D eigenvalue weighted by atomic mass is 9.93. The summed E-state index contributed by atoms with van der Waals surface area (Å²) in [6.45, 7) is 2.07. The summed E-state index contributed by atoms with van der Waals surface area (Å²) in [4.78, 5) is 0. The first-order chi connectivity index (χ1) is 5.83. The number of nitrogens with two attached hydrogens (primary N) is 1. The van der Waals surface area contributed by atoms with Crippen LogP contribution >= 0.6 is 0 Å². The summed E-state index contributed by atoms with van der Waals surface area (Å²) in [6, 6.07) is 0.633. The van der Waals surface area contributed by atoms with Crippen molar-refractivity contribution in [2.45, 2.75) is 37.8 Å². The lowest BCUT2D eigenvalue weighted by molar-refractivity contribution is -0.593. The molecule has 3 nitrogen and oxygen atoms in total. The van der Waals surface area contributed by atoms with Gasteiger partial charge in [0.2, 0.25) is 0 Å².